The first-order chi connectivity index (χ1) is 13.6. The van der Waals surface area contributed by atoms with Crippen LogP contribution in [0.3, 0.4) is 0 Å². The van der Waals surface area contributed by atoms with Crippen molar-refractivity contribution < 1.29 is 9.50 Å². The van der Waals surface area contributed by atoms with Crippen molar-refractivity contribution in [1.82, 2.24) is 25.0 Å². The summed E-state index contributed by atoms with van der Waals surface area (Å²) in [6.07, 6.45) is 7.63. The summed E-state index contributed by atoms with van der Waals surface area (Å²) in [5.41, 5.74) is 5.32. The fourth-order valence-electron chi connectivity index (χ4n) is 3.54. The molecule has 0 radical (unpaired) electrons. The number of unbranched alkanes of at least 4 members (excludes halogenated alkanes) is 1. The molecule has 0 aliphatic rings. The van der Waals surface area contributed by atoms with Crippen LogP contribution in [0.25, 0.3) is 33.4 Å². The van der Waals surface area contributed by atoms with Crippen LogP contribution in [-0.2, 0) is 13.5 Å². The van der Waals surface area contributed by atoms with Crippen molar-refractivity contribution in [3.63, 3.8) is 0 Å². The summed E-state index contributed by atoms with van der Waals surface area (Å²) in [6, 6.07) is 5.44. The standard InChI is InChI=1S/C21H22FN5O/c1-13-7-14(5-3-4-6-28)8-17(22)20(13)18-9-16-19(11-23-18)25-26-21(16)15-10-24-27(2)12-15/h7-12,28H,3-6H2,1-2H3,(H,25,26). The first-order valence-electron chi connectivity index (χ1n) is 9.30. The van der Waals surface area contributed by atoms with E-state index in [9.17, 15) is 4.39 Å². The van der Waals surface area contributed by atoms with Crippen LogP contribution >= 0.6 is 0 Å². The smallest absolute Gasteiger partial charge is 0.133 e. The molecule has 0 bridgehead atoms. The molecule has 0 saturated carbocycles. The topological polar surface area (TPSA) is 79.6 Å². The van der Waals surface area contributed by atoms with Crippen molar-refractivity contribution >= 4 is 10.9 Å². The molecule has 0 atom stereocenters. The zero-order valence-electron chi connectivity index (χ0n) is 15.9. The van der Waals surface area contributed by atoms with Gasteiger partial charge in [-0.15, -0.1) is 0 Å². The molecule has 4 aromatic rings. The van der Waals surface area contributed by atoms with E-state index in [0.717, 1.165) is 52.5 Å². The van der Waals surface area contributed by atoms with Crippen molar-refractivity contribution in [3.8, 4) is 22.5 Å². The molecule has 2 N–H and O–H groups in total. The Bertz CT molecular complexity index is 1110. The predicted octanol–water partition coefficient (Wildman–Crippen LogP) is 3.79. The summed E-state index contributed by atoms with van der Waals surface area (Å²) in [5, 5.41) is 21.4. The number of hydrogen-bond donors (Lipinski definition) is 2. The third kappa shape index (κ3) is 3.41. The van der Waals surface area contributed by atoms with E-state index in [-0.39, 0.29) is 12.4 Å². The number of nitrogens with zero attached hydrogens (tertiary/aromatic N) is 4. The quantitative estimate of drug-likeness (QED) is 0.500. The minimum atomic E-state index is -0.280. The van der Waals surface area contributed by atoms with Crippen LogP contribution in [0.15, 0.2) is 36.8 Å². The summed E-state index contributed by atoms with van der Waals surface area (Å²) >= 11 is 0. The van der Waals surface area contributed by atoms with Gasteiger partial charge >= 0.3 is 0 Å². The Morgan fingerprint density at radius 3 is 2.75 bits per heavy atom. The molecule has 0 spiro atoms. The van der Waals surface area contributed by atoms with E-state index in [1.165, 1.54) is 0 Å². The predicted molar refractivity (Wildman–Crippen MR) is 106 cm³/mol. The number of rotatable bonds is 6. The molecule has 7 heteroatoms. The second-order valence-corrected chi connectivity index (χ2v) is 7.04. The highest BCUT2D eigenvalue weighted by atomic mass is 19.1. The van der Waals surface area contributed by atoms with Crippen LogP contribution in [0.1, 0.15) is 24.0 Å². The Morgan fingerprint density at radius 1 is 1.18 bits per heavy atom. The van der Waals surface area contributed by atoms with E-state index in [2.05, 4.69) is 20.3 Å². The van der Waals surface area contributed by atoms with Crippen LogP contribution < -0.4 is 0 Å². The van der Waals surface area contributed by atoms with Crippen LogP contribution in [0, 0.1) is 12.7 Å². The Hall–Kier alpha value is -3.06. The number of H-pyrrole nitrogens is 1. The monoisotopic (exact) mass is 379 g/mol. The van der Waals surface area contributed by atoms with Gasteiger partial charge in [-0.3, -0.25) is 14.8 Å². The number of nitrogens with one attached hydrogen (secondary N) is 1. The average molecular weight is 379 g/mol. The normalized spacial score (nSPS) is 11.4. The van der Waals surface area contributed by atoms with E-state index in [0.29, 0.717) is 11.3 Å². The highest BCUT2D eigenvalue weighted by molar-refractivity contribution is 5.94. The van der Waals surface area contributed by atoms with Crippen molar-refractivity contribution in [3.05, 3.63) is 53.7 Å². The zero-order chi connectivity index (χ0) is 19.7. The van der Waals surface area contributed by atoms with Gasteiger partial charge in [-0.05, 0) is 49.4 Å². The SMILES string of the molecule is Cc1cc(CCCCO)cc(F)c1-c1cc2c(-c3cnn(C)c3)n[nH]c2cn1. The van der Waals surface area contributed by atoms with E-state index in [1.807, 2.05) is 32.3 Å². The molecule has 0 aliphatic carbocycles. The van der Waals surface area contributed by atoms with Gasteiger partial charge in [0.1, 0.15) is 11.5 Å². The number of benzene rings is 1. The summed E-state index contributed by atoms with van der Waals surface area (Å²) in [5.74, 6) is -0.280. The van der Waals surface area contributed by atoms with Gasteiger partial charge in [0, 0.05) is 36.4 Å². The van der Waals surface area contributed by atoms with Crippen molar-refractivity contribution in [2.75, 3.05) is 6.61 Å². The fourth-order valence-corrected chi connectivity index (χ4v) is 3.54. The molecule has 0 fully saturated rings. The van der Waals surface area contributed by atoms with Crippen molar-refractivity contribution in [1.29, 1.82) is 0 Å². The lowest BCUT2D eigenvalue weighted by Gasteiger charge is -2.10. The Labute approximate surface area is 162 Å². The molecule has 4 rings (SSSR count). The minimum absolute atomic E-state index is 0.160. The molecule has 3 aromatic heterocycles. The van der Waals surface area contributed by atoms with Crippen LogP contribution in [0.5, 0.6) is 0 Å². The number of aryl methyl sites for hydroxylation is 3. The average Bonchev–Trinajstić information content (AvgIpc) is 3.27. The van der Waals surface area contributed by atoms with Crippen LogP contribution in [0.2, 0.25) is 0 Å². The zero-order valence-corrected chi connectivity index (χ0v) is 15.9. The molecule has 0 unspecified atom stereocenters. The van der Waals surface area contributed by atoms with E-state index in [4.69, 9.17) is 5.11 Å². The highest BCUT2D eigenvalue weighted by Gasteiger charge is 2.16. The molecule has 3 heterocycles. The molecular weight excluding hydrogens is 357 g/mol. The first-order valence-corrected chi connectivity index (χ1v) is 9.30. The summed E-state index contributed by atoms with van der Waals surface area (Å²) in [7, 11) is 1.85. The maximum atomic E-state index is 14.9. The van der Waals surface area contributed by atoms with Gasteiger partial charge in [-0.2, -0.15) is 10.2 Å². The maximum Gasteiger partial charge on any atom is 0.133 e. The minimum Gasteiger partial charge on any atom is -0.396 e. The lowest BCUT2D eigenvalue weighted by atomic mass is 9.98. The number of aromatic nitrogens is 5. The van der Waals surface area contributed by atoms with Crippen LogP contribution in [-0.4, -0.2) is 36.7 Å². The Kier molecular flexibility index (Phi) is 4.92. The van der Waals surface area contributed by atoms with Gasteiger partial charge in [-0.25, -0.2) is 4.39 Å². The van der Waals surface area contributed by atoms with Gasteiger partial charge < -0.3 is 5.11 Å². The second kappa shape index (κ2) is 7.52. The van der Waals surface area contributed by atoms with Crippen LogP contribution in [0.4, 0.5) is 4.39 Å². The number of hydrogen-bond acceptors (Lipinski definition) is 4. The molecule has 28 heavy (non-hydrogen) atoms. The second-order valence-electron chi connectivity index (χ2n) is 7.04. The number of fused-ring (bicyclic) bond motifs is 1. The molecule has 1 aromatic carbocycles. The number of aromatic amines is 1. The van der Waals surface area contributed by atoms with Gasteiger partial charge in [0.25, 0.3) is 0 Å². The van der Waals surface area contributed by atoms with E-state index < -0.39 is 0 Å². The lowest BCUT2D eigenvalue weighted by Crippen LogP contribution is -1.96. The number of aliphatic hydroxyl groups is 1. The molecule has 0 aliphatic heterocycles. The molecule has 6 nitrogen and oxygen atoms in total. The molecule has 0 amide bonds. The molecule has 0 saturated heterocycles. The van der Waals surface area contributed by atoms with E-state index >= 15 is 0 Å². The van der Waals surface area contributed by atoms with Gasteiger partial charge in [0.05, 0.1) is 23.6 Å². The maximum absolute atomic E-state index is 14.9. The molecule has 144 valence electrons. The highest BCUT2D eigenvalue weighted by Crippen LogP contribution is 2.32. The van der Waals surface area contributed by atoms with Gasteiger partial charge in [0.15, 0.2) is 0 Å². The van der Waals surface area contributed by atoms with Gasteiger partial charge in [-0.1, -0.05) is 6.07 Å². The summed E-state index contributed by atoms with van der Waals surface area (Å²) in [4.78, 5) is 4.45. The Morgan fingerprint density at radius 2 is 2.04 bits per heavy atom. The third-order valence-corrected chi connectivity index (χ3v) is 4.90. The summed E-state index contributed by atoms with van der Waals surface area (Å²) < 4.78 is 16.7. The summed E-state index contributed by atoms with van der Waals surface area (Å²) in [6.45, 7) is 2.06. The lowest BCUT2D eigenvalue weighted by molar-refractivity contribution is 0.284. The fraction of sp³-hybridized carbons (Fsp3) is 0.286. The largest absolute Gasteiger partial charge is 0.396 e. The number of halogens is 1. The van der Waals surface area contributed by atoms with Crippen molar-refractivity contribution in [2.45, 2.75) is 26.2 Å². The number of aliphatic hydroxyl groups excluding tert-OH is 1. The first kappa shape index (κ1) is 18.3. The molecular formula is C21H22FN5O. The van der Waals surface area contributed by atoms with E-state index in [1.54, 1.807) is 23.1 Å². The van der Waals surface area contributed by atoms with Crippen molar-refractivity contribution in [2.24, 2.45) is 7.05 Å². The number of pyridine rings is 1. The van der Waals surface area contributed by atoms with Gasteiger partial charge in [0.2, 0.25) is 0 Å². The Balaban J connectivity index is 1.75. The third-order valence-electron chi connectivity index (χ3n) is 4.90.